The summed E-state index contributed by atoms with van der Waals surface area (Å²) in [6.45, 7) is 3.25. The molecule has 2 aromatic rings. The highest BCUT2D eigenvalue weighted by molar-refractivity contribution is 9.10. The summed E-state index contributed by atoms with van der Waals surface area (Å²) in [6, 6.07) is 5.86. The number of nitrogens with one attached hydrogen (secondary N) is 3. The second kappa shape index (κ2) is 10.9. The predicted octanol–water partition coefficient (Wildman–Crippen LogP) is 2.93. The number of carboxylic acid groups (broad SMARTS) is 1. The second-order valence-corrected chi connectivity index (χ2v) is 7.52. The van der Waals surface area contributed by atoms with Crippen molar-refractivity contribution in [2.24, 2.45) is 5.92 Å². The first-order valence-corrected chi connectivity index (χ1v) is 9.88. The first-order valence-electron chi connectivity index (χ1n) is 9.08. The molecule has 1 fully saturated rings. The zero-order valence-electron chi connectivity index (χ0n) is 16.3. The maximum absolute atomic E-state index is 11.9. The molecule has 13 heteroatoms. The van der Waals surface area contributed by atoms with Gasteiger partial charge in [-0.1, -0.05) is 6.92 Å². The largest absolute Gasteiger partial charge is 0.490 e. The van der Waals surface area contributed by atoms with E-state index in [0.717, 1.165) is 16.1 Å². The van der Waals surface area contributed by atoms with Gasteiger partial charge >= 0.3 is 12.1 Å². The molecule has 1 saturated carbocycles. The van der Waals surface area contributed by atoms with Gasteiger partial charge in [0.05, 0.1) is 0 Å². The van der Waals surface area contributed by atoms with Crippen LogP contribution >= 0.6 is 15.9 Å². The molecule has 0 aromatic carbocycles. The van der Waals surface area contributed by atoms with Crippen molar-refractivity contribution in [3.8, 4) is 0 Å². The van der Waals surface area contributed by atoms with Crippen LogP contribution in [0.4, 0.5) is 24.8 Å². The van der Waals surface area contributed by atoms with E-state index in [1.54, 1.807) is 18.3 Å². The molecule has 1 aliphatic carbocycles. The predicted molar refractivity (Wildman–Crippen MR) is 110 cm³/mol. The van der Waals surface area contributed by atoms with Gasteiger partial charge in [0.25, 0.3) is 5.91 Å². The van der Waals surface area contributed by atoms with Crippen molar-refractivity contribution in [3.63, 3.8) is 0 Å². The summed E-state index contributed by atoms with van der Waals surface area (Å²) in [4.78, 5) is 33.3. The van der Waals surface area contributed by atoms with Crippen molar-refractivity contribution in [2.75, 3.05) is 23.7 Å². The highest BCUT2D eigenvalue weighted by Crippen LogP contribution is 2.32. The summed E-state index contributed by atoms with van der Waals surface area (Å²) in [6.07, 6.45) is -0.770. The van der Waals surface area contributed by atoms with Gasteiger partial charge in [-0.05, 0) is 40.4 Å². The number of hydrogen-bond donors (Lipinski definition) is 4. The number of carbonyl (C=O) groups excluding carboxylic acids is 1. The first-order chi connectivity index (χ1) is 14.6. The average molecular weight is 505 g/mol. The maximum Gasteiger partial charge on any atom is 0.490 e. The average Bonchev–Trinajstić information content (AvgIpc) is 3.40. The number of aromatic nitrogens is 3. The zero-order valence-corrected chi connectivity index (χ0v) is 17.9. The molecule has 168 valence electrons. The molecular weight excluding hydrogens is 485 g/mol. The van der Waals surface area contributed by atoms with Crippen LogP contribution < -0.4 is 16.0 Å². The molecule has 0 saturated heterocycles. The van der Waals surface area contributed by atoms with Crippen molar-refractivity contribution in [1.29, 1.82) is 0 Å². The molecule has 2 unspecified atom stereocenters. The Morgan fingerprint density at radius 1 is 1.19 bits per heavy atom. The van der Waals surface area contributed by atoms with E-state index in [-0.39, 0.29) is 5.91 Å². The molecule has 2 heterocycles. The molecule has 3 rings (SSSR count). The van der Waals surface area contributed by atoms with Crippen LogP contribution in [0, 0.1) is 5.92 Å². The van der Waals surface area contributed by atoms with Crippen molar-refractivity contribution in [2.45, 2.75) is 25.6 Å². The monoisotopic (exact) mass is 504 g/mol. The normalized spacial score (nSPS) is 17.1. The van der Waals surface area contributed by atoms with Crippen LogP contribution in [-0.2, 0) is 4.79 Å². The number of aliphatic carboxylic acids is 1. The Balaban J connectivity index is 0.000000423. The molecule has 0 radical (unpaired) electrons. The fraction of sp³-hybridized carbons (Fsp3) is 0.389. The molecule has 1 amide bonds. The van der Waals surface area contributed by atoms with Crippen LogP contribution in [0.2, 0.25) is 0 Å². The van der Waals surface area contributed by atoms with Crippen LogP contribution in [0.25, 0.3) is 0 Å². The number of rotatable bonds is 7. The van der Waals surface area contributed by atoms with E-state index in [1.165, 1.54) is 12.7 Å². The Labute approximate surface area is 184 Å². The Bertz CT molecular complexity index is 898. The molecule has 0 aliphatic heterocycles. The number of amides is 1. The highest BCUT2D eigenvalue weighted by atomic mass is 79.9. The lowest BCUT2D eigenvalue weighted by molar-refractivity contribution is -0.192. The van der Waals surface area contributed by atoms with E-state index in [2.05, 4.69) is 53.8 Å². The first kappa shape index (κ1) is 24.3. The zero-order chi connectivity index (χ0) is 23.0. The molecule has 2 atom stereocenters. The summed E-state index contributed by atoms with van der Waals surface area (Å²) in [5, 5.41) is 16.5. The van der Waals surface area contributed by atoms with Gasteiger partial charge in [0, 0.05) is 35.9 Å². The second-order valence-electron chi connectivity index (χ2n) is 6.60. The summed E-state index contributed by atoms with van der Waals surface area (Å²) in [5.41, 5.74) is 0.394. The van der Waals surface area contributed by atoms with Crippen LogP contribution in [0.5, 0.6) is 0 Å². The van der Waals surface area contributed by atoms with E-state index in [1.807, 2.05) is 6.07 Å². The van der Waals surface area contributed by atoms with Crippen molar-refractivity contribution < 1.29 is 27.9 Å². The van der Waals surface area contributed by atoms with Gasteiger partial charge in [-0.3, -0.25) is 4.79 Å². The third kappa shape index (κ3) is 8.74. The van der Waals surface area contributed by atoms with Gasteiger partial charge in [-0.25, -0.2) is 19.7 Å². The molecule has 1 aliphatic rings. The number of pyridine rings is 1. The minimum atomic E-state index is -5.08. The van der Waals surface area contributed by atoms with Crippen molar-refractivity contribution in [1.82, 2.24) is 20.3 Å². The minimum absolute atomic E-state index is 0.197. The summed E-state index contributed by atoms with van der Waals surface area (Å²) < 4.78 is 32.6. The van der Waals surface area contributed by atoms with E-state index in [4.69, 9.17) is 9.90 Å². The third-order valence-electron chi connectivity index (χ3n) is 4.03. The molecule has 2 aromatic heterocycles. The van der Waals surface area contributed by atoms with Crippen molar-refractivity contribution >= 4 is 39.4 Å². The van der Waals surface area contributed by atoms with Crippen LogP contribution in [0.1, 0.15) is 23.8 Å². The number of anilines is 2. The molecular formula is C18H20BrF3N6O3. The van der Waals surface area contributed by atoms with Gasteiger partial charge in [-0.2, -0.15) is 13.2 Å². The fourth-order valence-electron chi connectivity index (χ4n) is 2.21. The quantitative estimate of drug-likeness (QED) is 0.423. The fourth-order valence-corrected chi connectivity index (χ4v) is 2.45. The number of halogens is 4. The summed E-state index contributed by atoms with van der Waals surface area (Å²) in [5.74, 6) is -0.690. The lowest BCUT2D eigenvalue weighted by Crippen LogP contribution is -2.29. The Morgan fingerprint density at radius 2 is 1.84 bits per heavy atom. The third-order valence-corrected chi connectivity index (χ3v) is 4.50. The maximum atomic E-state index is 11.9. The summed E-state index contributed by atoms with van der Waals surface area (Å²) in [7, 11) is 0. The number of nitrogens with zero attached hydrogens (tertiary/aromatic N) is 3. The van der Waals surface area contributed by atoms with Crippen molar-refractivity contribution in [3.05, 3.63) is 40.9 Å². The number of carboxylic acids is 1. The molecule has 0 bridgehead atoms. The SMILES string of the molecule is CC1CC1Nc1cc(NCCNC(=O)c2ccc(Br)cn2)ncn1.O=C(O)C(F)(F)F. The molecule has 4 N–H and O–H groups in total. The molecule has 31 heavy (non-hydrogen) atoms. The van der Waals surface area contributed by atoms with E-state index >= 15 is 0 Å². The lowest BCUT2D eigenvalue weighted by Gasteiger charge is -2.09. The van der Waals surface area contributed by atoms with Crippen LogP contribution in [-0.4, -0.2) is 57.2 Å². The van der Waals surface area contributed by atoms with Gasteiger partial charge in [0.2, 0.25) is 0 Å². The number of carbonyl (C=O) groups is 2. The highest BCUT2D eigenvalue weighted by Gasteiger charge is 2.38. The Hall–Kier alpha value is -2.96. The van der Waals surface area contributed by atoms with Crippen LogP contribution in [0.15, 0.2) is 35.2 Å². The summed E-state index contributed by atoms with van der Waals surface area (Å²) >= 11 is 3.29. The Morgan fingerprint density at radius 3 is 2.39 bits per heavy atom. The number of hydrogen-bond acceptors (Lipinski definition) is 7. The lowest BCUT2D eigenvalue weighted by atomic mass is 10.3. The van der Waals surface area contributed by atoms with E-state index in [9.17, 15) is 18.0 Å². The Kier molecular flexibility index (Phi) is 8.54. The van der Waals surface area contributed by atoms with E-state index < -0.39 is 12.1 Å². The van der Waals surface area contributed by atoms with Gasteiger partial charge in [0.15, 0.2) is 0 Å². The van der Waals surface area contributed by atoms with Gasteiger partial charge in [0.1, 0.15) is 23.7 Å². The van der Waals surface area contributed by atoms with E-state index in [0.29, 0.717) is 30.7 Å². The minimum Gasteiger partial charge on any atom is -0.475 e. The number of alkyl halides is 3. The standard InChI is InChI=1S/C16H19BrN6O.C2HF3O2/c1-10-6-13(10)23-15-7-14(21-9-22-15)18-4-5-19-16(24)12-3-2-11(17)8-20-12;3-2(4,5)1(6)7/h2-3,7-10,13H,4-6H2,1H3,(H,19,24)(H2,18,21,22,23);(H,6,7). The van der Waals surface area contributed by atoms with Crippen LogP contribution in [0.3, 0.4) is 0 Å². The topological polar surface area (TPSA) is 129 Å². The smallest absolute Gasteiger partial charge is 0.475 e. The van der Waals surface area contributed by atoms with Gasteiger partial charge in [-0.15, -0.1) is 0 Å². The van der Waals surface area contributed by atoms with Gasteiger partial charge < -0.3 is 21.1 Å². The molecule has 0 spiro atoms. The molecule has 9 nitrogen and oxygen atoms in total.